The van der Waals surface area contributed by atoms with E-state index in [1.54, 1.807) is 17.0 Å². The van der Waals surface area contributed by atoms with Crippen LogP contribution in [0.25, 0.3) is 0 Å². The van der Waals surface area contributed by atoms with Crippen molar-refractivity contribution in [2.24, 2.45) is 0 Å². The first-order chi connectivity index (χ1) is 15.1. The smallest absolute Gasteiger partial charge is 0.417 e. The molecule has 0 unspecified atom stereocenters. The Hall–Kier alpha value is -3.45. The number of nitriles is 1. The van der Waals surface area contributed by atoms with Gasteiger partial charge >= 0.3 is 12.1 Å². The van der Waals surface area contributed by atoms with Crippen molar-refractivity contribution in [3.05, 3.63) is 59.2 Å². The van der Waals surface area contributed by atoms with Gasteiger partial charge in [0, 0.05) is 5.69 Å². The molecule has 0 bridgehead atoms. The first kappa shape index (κ1) is 21.8. The topological polar surface area (TPSA) is 73.6 Å². The van der Waals surface area contributed by atoms with Crippen LogP contribution in [-0.4, -0.2) is 29.6 Å². The van der Waals surface area contributed by atoms with Crippen LogP contribution in [0.5, 0.6) is 0 Å². The third kappa shape index (κ3) is 3.20. The zero-order valence-corrected chi connectivity index (χ0v) is 17.6. The molecule has 0 atom stereocenters. The number of alkyl halides is 3. The highest BCUT2D eigenvalue weighted by Gasteiger charge is 2.59. The van der Waals surface area contributed by atoms with Crippen molar-refractivity contribution in [3.63, 3.8) is 0 Å². The van der Waals surface area contributed by atoms with E-state index in [-0.39, 0.29) is 10.8 Å². The average Bonchev–Trinajstić information content (AvgIpc) is 2.99. The minimum absolute atomic E-state index is 0.0401. The van der Waals surface area contributed by atoms with E-state index < -0.39 is 34.7 Å². The van der Waals surface area contributed by atoms with E-state index in [1.165, 1.54) is 31.4 Å². The molecule has 164 valence electrons. The van der Waals surface area contributed by atoms with Crippen molar-refractivity contribution in [2.75, 3.05) is 16.9 Å². The molecule has 0 N–H and O–H groups in total. The lowest BCUT2D eigenvalue weighted by Gasteiger charge is -2.43. The Morgan fingerprint density at radius 1 is 1.16 bits per heavy atom. The van der Waals surface area contributed by atoms with Gasteiger partial charge in [0.15, 0.2) is 5.11 Å². The summed E-state index contributed by atoms with van der Waals surface area (Å²) < 4.78 is 45.1. The Kier molecular flexibility index (Phi) is 5.17. The summed E-state index contributed by atoms with van der Waals surface area (Å²) in [5, 5.41) is 9.08. The highest BCUT2D eigenvalue weighted by atomic mass is 32.1. The minimum Gasteiger partial charge on any atom is -0.465 e. The van der Waals surface area contributed by atoms with Gasteiger partial charge in [-0.25, -0.2) is 4.79 Å². The minimum atomic E-state index is -4.76. The fourth-order valence-corrected chi connectivity index (χ4v) is 4.54. The Balaban J connectivity index is 1.77. The summed E-state index contributed by atoms with van der Waals surface area (Å²) in [6.07, 6.45) is -3.02. The van der Waals surface area contributed by atoms with Crippen LogP contribution in [0, 0.1) is 11.3 Å². The molecule has 0 aromatic heterocycles. The second-order valence-electron chi connectivity index (χ2n) is 7.52. The maximum atomic E-state index is 13.5. The maximum Gasteiger partial charge on any atom is 0.417 e. The fourth-order valence-electron chi connectivity index (χ4n) is 4.08. The van der Waals surface area contributed by atoms with E-state index in [2.05, 4.69) is 0 Å². The highest BCUT2D eigenvalue weighted by molar-refractivity contribution is 7.81. The number of carbonyl (C=O) groups is 2. The number of anilines is 2. The number of esters is 1. The zero-order chi connectivity index (χ0) is 23.3. The lowest BCUT2D eigenvalue weighted by Crippen LogP contribution is -2.55. The van der Waals surface area contributed by atoms with Crippen molar-refractivity contribution < 1.29 is 27.5 Å². The van der Waals surface area contributed by atoms with Gasteiger partial charge in [0.1, 0.15) is 5.54 Å². The molecule has 1 heterocycles. The molecule has 32 heavy (non-hydrogen) atoms. The summed E-state index contributed by atoms with van der Waals surface area (Å²) in [7, 11) is 1.26. The molecule has 1 saturated heterocycles. The maximum absolute atomic E-state index is 13.5. The Labute approximate surface area is 186 Å². The summed E-state index contributed by atoms with van der Waals surface area (Å²) in [5.41, 5.74) is -1.84. The first-order valence-corrected chi connectivity index (χ1v) is 10.0. The Morgan fingerprint density at radius 3 is 2.28 bits per heavy atom. The van der Waals surface area contributed by atoms with E-state index in [9.17, 15) is 22.8 Å². The van der Waals surface area contributed by atoms with Crippen molar-refractivity contribution in [1.29, 1.82) is 5.26 Å². The quantitative estimate of drug-likeness (QED) is 0.500. The van der Waals surface area contributed by atoms with Crippen LogP contribution < -0.4 is 9.80 Å². The number of methoxy groups -OCH3 is 1. The molecule has 2 aromatic rings. The molecule has 10 heteroatoms. The normalized spacial score (nSPS) is 17.3. The molecule has 6 nitrogen and oxygen atoms in total. The SMILES string of the molecule is COC(=O)c1ccc(N2C(=S)N(c3ccc(C#N)c(C(F)(F)F)c3)C(=O)C23CCC3)cc1. The van der Waals surface area contributed by atoms with Crippen LogP contribution in [0.4, 0.5) is 24.5 Å². The van der Waals surface area contributed by atoms with E-state index in [0.717, 1.165) is 23.5 Å². The number of carbonyl (C=O) groups excluding carboxylic acids is 2. The molecular formula is C22H16F3N3O3S. The second kappa shape index (κ2) is 7.60. The predicted molar refractivity (Wildman–Crippen MR) is 113 cm³/mol. The monoisotopic (exact) mass is 459 g/mol. The average molecular weight is 459 g/mol. The molecule has 1 spiro atoms. The van der Waals surface area contributed by atoms with Gasteiger partial charge < -0.3 is 9.64 Å². The van der Waals surface area contributed by atoms with Crippen LogP contribution in [0.15, 0.2) is 42.5 Å². The van der Waals surface area contributed by atoms with Gasteiger partial charge in [-0.05, 0) is 73.9 Å². The Morgan fingerprint density at radius 2 is 1.78 bits per heavy atom. The second-order valence-corrected chi connectivity index (χ2v) is 7.89. The van der Waals surface area contributed by atoms with Gasteiger partial charge in [-0.15, -0.1) is 0 Å². The zero-order valence-electron chi connectivity index (χ0n) is 16.8. The van der Waals surface area contributed by atoms with Crippen LogP contribution in [0.3, 0.4) is 0 Å². The summed E-state index contributed by atoms with van der Waals surface area (Å²) in [5.74, 6) is -0.933. The molecule has 1 amide bonds. The number of rotatable bonds is 3. The van der Waals surface area contributed by atoms with Crippen molar-refractivity contribution in [2.45, 2.75) is 31.0 Å². The van der Waals surface area contributed by atoms with E-state index in [4.69, 9.17) is 22.2 Å². The van der Waals surface area contributed by atoms with Crippen molar-refractivity contribution >= 4 is 40.6 Å². The van der Waals surface area contributed by atoms with Gasteiger partial charge in [0.05, 0.1) is 35.6 Å². The number of ether oxygens (including phenoxy) is 1. The molecular weight excluding hydrogens is 443 g/mol. The van der Waals surface area contributed by atoms with E-state index >= 15 is 0 Å². The van der Waals surface area contributed by atoms with Gasteiger partial charge in [-0.2, -0.15) is 18.4 Å². The third-order valence-corrected chi connectivity index (χ3v) is 6.19. The molecule has 2 fully saturated rings. The third-order valence-electron chi connectivity index (χ3n) is 5.83. The van der Waals surface area contributed by atoms with Crippen LogP contribution >= 0.6 is 12.2 Å². The van der Waals surface area contributed by atoms with Crippen LogP contribution in [0.2, 0.25) is 0 Å². The number of benzene rings is 2. The standard InChI is InChI=1S/C22H16F3N3O3S/c1-31-18(29)13-3-6-15(7-4-13)28-20(32)27(19(30)21(28)9-2-10-21)16-8-5-14(12-26)17(11-16)22(23,24)25/h3-8,11H,2,9-10H2,1H3. The molecule has 1 aliphatic heterocycles. The fraction of sp³-hybridized carbons (Fsp3) is 0.273. The molecule has 1 aliphatic carbocycles. The number of halogens is 3. The van der Waals surface area contributed by atoms with Gasteiger partial charge in [0.2, 0.25) is 0 Å². The van der Waals surface area contributed by atoms with Gasteiger partial charge in [0.25, 0.3) is 5.91 Å². The first-order valence-electron chi connectivity index (χ1n) is 9.62. The number of amides is 1. The Bertz CT molecular complexity index is 1170. The summed E-state index contributed by atoms with van der Waals surface area (Å²) in [6, 6.07) is 10.9. The number of hydrogen-bond donors (Lipinski definition) is 0. The van der Waals surface area contributed by atoms with Gasteiger partial charge in [-0.1, -0.05) is 0 Å². The molecule has 1 saturated carbocycles. The molecule has 2 aliphatic rings. The van der Waals surface area contributed by atoms with Crippen molar-refractivity contribution in [1.82, 2.24) is 0 Å². The summed E-state index contributed by atoms with van der Waals surface area (Å²) in [6.45, 7) is 0. The lowest BCUT2D eigenvalue weighted by molar-refractivity contribution is -0.137. The molecule has 4 rings (SSSR count). The van der Waals surface area contributed by atoms with E-state index in [1.807, 2.05) is 0 Å². The van der Waals surface area contributed by atoms with E-state index in [0.29, 0.717) is 24.1 Å². The summed E-state index contributed by atoms with van der Waals surface area (Å²) in [4.78, 5) is 27.9. The van der Waals surface area contributed by atoms with Crippen LogP contribution in [0.1, 0.15) is 40.7 Å². The van der Waals surface area contributed by atoms with Crippen molar-refractivity contribution in [3.8, 4) is 6.07 Å². The molecule has 0 radical (unpaired) electrons. The number of nitrogens with zero attached hydrogens (tertiary/aromatic N) is 3. The largest absolute Gasteiger partial charge is 0.465 e. The van der Waals surface area contributed by atoms with Gasteiger partial charge in [-0.3, -0.25) is 9.69 Å². The number of thiocarbonyl (C=S) groups is 1. The predicted octanol–water partition coefficient (Wildman–Crippen LogP) is 4.42. The lowest BCUT2D eigenvalue weighted by atomic mass is 9.75. The summed E-state index contributed by atoms with van der Waals surface area (Å²) >= 11 is 5.55. The number of hydrogen-bond acceptors (Lipinski definition) is 5. The molecule has 2 aromatic carbocycles. The highest BCUT2D eigenvalue weighted by Crippen LogP contribution is 2.48. The van der Waals surface area contributed by atoms with Crippen LogP contribution in [-0.2, 0) is 15.7 Å².